The van der Waals surface area contributed by atoms with Crippen LogP contribution in [0.2, 0.25) is 0 Å². The lowest BCUT2D eigenvalue weighted by molar-refractivity contribution is -0.268. The number of hydrogen-bond donors (Lipinski definition) is 1. The van der Waals surface area contributed by atoms with Gasteiger partial charge in [-0.15, -0.1) is 17.1 Å². The Bertz CT molecular complexity index is 674. The van der Waals surface area contributed by atoms with Gasteiger partial charge in [-0.3, -0.25) is 4.72 Å². The van der Waals surface area contributed by atoms with E-state index in [1.165, 1.54) is 29.5 Å². The maximum atomic E-state index is 12.1. The van der Waals surface area contributed by atoms with Crippen molar-refractivity contribution in [2.24, 2.45) is 0 Å². The minimum Gasteiger partial charge on any atom is -0.872 e. The second-order valence-corrected chi connectivity index (χ2v) is 7.02. The van der Waals surface area contributed by atoms with Gasteiger partial charge in [-0.1, -0.05) is 12.1 Å². The van der Waals surface area contributed by atoms with Crippen LogP contribution < -0.4 is 9.83 Å². The van der Waals surface area contributed by atoms with E-state index in [0.29, 0.717) is 0 Å². The number of benzene rings is 1. The first-order valence-corrected chi connectivity index (χ1v) is 7.55. The highest BCUT2D eigenvalue weighted by molar-refractivity contribution is 7.93. The predicted octanol–water partition coefficient (Wildman–Crippen LogP) is 2.24. The molecule has 0 atom stereocenters. The Hall–Kier alpha value is -1.53. The summed E-state index contributed by atoms with van der Waals surface area (Å²) in [5.74, 6) is -0.228. The average Bonchev–Trinajstić information content (AvgIpc) is 2.58. The number of nitrogens with one attached hydrogen (secondary N) is 1. The molecule has 1 aromatic carbocycles. The van der Waals surface area contributed by atoms with Crippen molar-refractivity contribution in [3.63, 3.8) is 0 Å². The molecule has 2 aromatic rings. The van der Waals surface area contributed by atoms with Gasteiger partial charge < -0.3 is 5.11 Å². The van der Waals surface area contributed by atoms with E-state index in [1.807, 2.05) is 6.92 Å². The highest BCUT2D eigenvalue weighted by atomic mass is 32.2. The number of sulfonamides is 1. The van der Waals surface area contributed by atoms with Gasteiger partial charge in [0, 0.05) is 15.4 Å². The van der Waals surface area contributed by atoms with Gasteiger partial charge in [0.2, 0.25) is 0 Å². The highest BCUT2D eigenvalue weighted by Gasteiger charge is 2.18. The molecule has 0 radical (unpaired) electrons. The Morgan fingerprint density at radius 2 is 1.94 bits per heavy atom. The van der Waals surface area contributed by atoms with E-state index >= 15 is 0 Å². The average molecular weight is 282 g/mol. The van der Waals surface area contributed by atoms with Crippen LogP contribution in [-0.2, 0) is 10.0 Å². The maximum absolute atomic E-state index is 12.1. The molecular weight excluding hydrogens is 270 g/mol. The van der Waals surface area contributed by atoms with Crippen LogP contribution in [-0.4, -0.2) is 8.42 Å². The van der Waals surface area contributed by atoms with Gasteiger partial charge in [-0.25, -0.2) is 8.42 Å². The van der Waals surface area contributed by atoms with E-state index in [2.05, 4.69) is 4.72 Å². The Labute approximate surface area is 110 Å². The van der Waals surface area contributed by atoms with Gasteiger partial charge in [0.05, 0.1) is 0 Å². The summed E-state index contributed by atoms with van der Waals surface area (Å²) in [5.41, 5.74) is 0.283. The van der Waals surface area contributed by atoms with Crippen LogP contribution in [0.3, 0.4) is 0 Å². The lowest BCUT2D eigenvalue weighted by Gasteiger charge is -2.10. The van der Waals surface area contributed by atoms with E-state index in [4.69, 9.17) is 0 Å². The summed E-state index contributed by atoms with van der Waals surface area (Å²) in [5, 5.41) is 11.2. The lowest BCUT2D eigenvalue weighted by Crippen LogP contribution is -2.13. The van der Waals surface area contributed by atoms with Crippen molar-refractivity contribution in [3.05, 3.63) is 40.1 Å². The third-order valence-corrected chi connectivity index (χ3v) is 4.97. The summed E-state index contributed by atoms with van der Waals surface area (Å²) in [6, 6.07) is 7.33. The van der Waals surface area contributed by atoms with Gasteiger partial charge in [-0.2, -0.15) is 0 Å². The van der Waals surface area contributed by atoms with Gasteiger partial charge >= 0.3 is 0 Å². The zero-order valence-corrected chi connectivity index (χ0v) is 11.6. The van der Waals surface area contributed by atoms with Crippen molar-refractivity contribution < 1.29 is 13.5 Å². The van der Waals surface area contributed by atoms with Crippen molar-refractivity contribution in [2.45, 2.75) is 18.7 Å². The maximum Gasteiger partial charge on any atom is 0.262 e. The van der Waals surface area contributed by atoms with Gasteiger partial charge in [0.25, 0.3) is 10.0 Å². The number of rotatable bonds is 3. The van der Waals surface area contributed by atoms with Crippen LogP contribution in [0.15, 0.2) is 35.2 Å². The van der Waals surface area contributed by atoms with Crippen molar-refractivity contribution in [1.29, 1.82) is 0 Å². The molecule has 1 N–H and O–H groups in total. The van der Waals surface area contributed by atoms with Gasteiger partial charge in [0.1, 0.15) is 4.90 Å². The van der Waals surface area contributed by atoms with Crippen molar-refractivity contribution in [1.82, 2.24) is 0 Å². The van der Waals surface area contributed by atoms with Crippen molar-refractivity contribution >= 4 is 27.0 Å². The lowest BCUT2D eigenvalue weighted by atomic mass is 10.3. The summed E-state index contributed by atoms with van der Waals surface area (Å²) in [4.78, 5) is 1.94. The van der Waals surface area contributed by atoms with Crippen LogP contribution in [0.25, 0.3) is 0 Å². The van der Waals surface area contributed by atoms with Crippen LogP contribution in [0, 0.1) is 13.8 Å². The third kappa shape index (κ3) is 2.65. The molecule has 0 bridgehead atoms. The fourth-order valence-electron chi connectivity index (χ4n) is 1.64. The molecule has 0 amide bonds. The first-order chi connectivity index (χ1) is 8.38. The largest absolute Gasteiger partial charge is 0.872 e. The van der Waals surface area contributed by atoms with Crippen LogP contribution >= 0.6 is 11.3 Å². The van der Waals surface area contributed by atoms with Gasteiger partial charge in [0.15, 0.2) is 0 Å². The van der Waals surface area contributed by atoms with E-state index < -0.39 is 10.0 Å². The molecule has 18 heavy (non-hydrogen) atoms. The fraction of sp³-hybridized carbons (Fsp3) is 0.167. The second-order valence-electron chi connectivity index (χ2n) is 3.91. The zero-order chi connectivity index (χ0) is 13.3. The molecule has 96 valence electrons. The molecular formula is C12H12NO3S2-. The summed E-state index contributed by atoms with van der Waals surface area (Å²) in [7, 11) is -3.62. The molecule has 6 heteroatoms. The Morgan fingerprint density at radius 3 is 2.50 bits per heavy atom. The normalized spacial score (nSPS) is 11.4. The third-order valence-electron chi connectivity index (χ3n) is 2.37. The second kappa shape index (κ2) is 4.62. The van der Waals surface area contributed by atoms with Crippen LogP contribution in [0.1, 0.15) is 9.75 Å². The summed E-state index contributed by atoms with van der Waals surface area (Å²) < 4.78 is 26.7. The van der Waals surface area contributed by atoms with E-state index in [0.717, 1.165) is 9.75 Å². The molecule has 0 unspecified atom stereocenters. The highest BCUT2D eigenvalue weighted by Crippen LogP contribution is 2.27. The molecule has 0 aliphatic carbocycles. The summed E-state index contributed by atoms with van der Waals surface area (Å²) in [6.45, 7) is 3.62. The standard InChI is InChI=1S/C12H13NO3S2/c1-8-6-12(9(2)17-8)18(15,16)13-10-4-3-5-11(14)7-10/h3-7,13-14H,1-2H3/p-1. The molecule has 1 heterocycles. The zero-order valence-electron chi connectivity index (χ0n) is 9.93. The Balaban J connectivity index is 2.36. The monoisotopic (exact) mass is 282 g/mol. The van der Waals surface area contributed by atoms with E-state index in [1.54, 1.807) is 19.1 Å². The van der Waals surface area contributed by atoms with E-state index in [9.17, 15) is 13.5 Å². The molecule has 0 aliphatic heterocycles. The number of anilines is 1. The molecule has 1 aromatic heterocycles. The molecule has 0 aliphatic rings. The minimum atomic E-state index is -3.62. The molecule has 0 saturated carbocycles. The van der Waals surface area contributed by atoms with Crippen molar-refractivity contribution in [2.75, 3.05) is 4.72 Å². The van der Waals surface area contributed by atoms with Crippen molar-refractivity contribution in [3.8, 4) is 5.75 Å². The molecule has 0 fully saturated rings. The topological polar surface area (TPSA) is 69.2 Å². The Kier molecular flexibility index (Phi) is 3.32. The first-order valence-electron chi connectivity index (χ1n) is 5.25. The fourth-order valence-corrected chi connectivity index (χ4v) is 4.25. The van der Waals surface area contributed by atoms with Gasteiger partial charge in [-0.05, 0) is 32.0 Å². The smallest absolute Gasteiger partial charge is 0.262 e. The minimum absolute atomic E-state index is 0.228. The number of hydrogen-bond acceptors (Lipinski definition) is 4. The summed E-state index contributed by atoms with van der Waals surface area (Å²) in [6.07, 6.45) is 0. The predicted molar refractivity (Wildman–Crippen MR) is 70.5 cm³/mol. The molecule has 0 spiro atoms. The molecule has 2 rings (SSSR count). The first kappa shape index (κ1) is 12.9. The summed E-state index contributed by atoms with van der Waals surface area (Å²) >= 11 is 1.43. The van der Waals surface area contributed by atoms with Crippen LogP contribution in [0.4, 0.5) is 5.69 Å². The quantitative estimate of drug-likeness (QED) is 0.938. The number of aryl methyl sites for hydroxylation is 2. The molecule has 4 nitrogen and oxygen atoms in total. The van der Waals surface area contributed by atoms with E-state index in [-0.39, 0.29) is 16.3 Å². The van der Waals surface area contributed by atoms with Crippen LogP contribution in [0.5, 0.6) is 5.75 Å². The Morgan fingerprint density at radius 1 is 1.22 bits per heavy atom. The SMILES string of the molecule is Cc1cc(S(=O)(=O)Nc2cccc([O-])c2)c(C)s1. The molecule has 0 saturated heterocycles. The number of thiophene rings is 1.